The first-order valence-electron chi connectivity index (χ1n) is 7.50. The summed E-state index contributed by atoms with van der Waals surface area (Å²) in [5, 5.41) is 2.71. The summed E-state index contributed by atoms with van der Waals surface area (Å²) >= 11 is 0. The van der Waals surface area contributed by atoms with Gasteiger partial charge in [-0.15, -0.1) is 0 Å². The van der Waals surface area contributed by atoms with Gasteiger partial charge in [0.25, 0.3) is 5.91 Å². The Kier molecular flexibility index (Phi) is 6.05. The zero-order valence-electron chi connectivity index (χ0n) is 13.8. The van der Waals surface area contributed by atoms with E-state index in [9.17, 15) is 18.4 Å². The average Bonchev–Trinajstić information content (AvgIpc) is 2.55. The monoisotopic (exact) mass is 348 g/mol. The van der Waals surface area contributed by atoms with E-state index in [4.69, 9.17) is 0 Å². The molecule has 0 aromatic heterocycles. The summed E-state index contributed by atoms with van der Waals surface area (Å²) < 4.78 is 28.5. The van der Waals surface area contributed by atoms with Gasteiger partial charge in [-0.1, -0.05) is 18.2 Å². The molecule has 0 heterocycles. The van der Waals surface area contributed by atoms with Gasteiger partial charge in [-0.25, -0.2) is 0 Å². The fourth-order valence-corrected chi connectivity index (χ4v) is 2.17. The van der Waals surface area contributed by atoms with Crippen LogP contribution in [0.5, 0.6) is 5.75 Å². The maximum absolute atomic E-state index is 12.1. The van der Waals surface area contributed by atoms with Gasteiger partial charge in [-0.3, -0.25) is 9.59 Å². The van der Waals surface area contributed by atoms with Crippen molar-refractivity contribution < 1.29 is 23.1 Å². The van der Waals surface area contributed by atoms with Gasteiger partial charge in [0.1, 0.15) is 5.75 Å². The van der Waals surface area contributed by atoms with E-state index in [2.05, 4.69) is 10.1 Å². The molecule has 25 heavy (non-hydrogen) atoms. The Bertz CT molecular complexity index is 746. The second kappa shape index (κ2) is 8.23. The van der Waals surface area contributed by atoms with E-state index in [1.165, 1.54) is 17.0 Å². The molecule has 0 radical (unpaired) electrons. The molecule has 1 N–H and O–H groups in total. The highest BCUT2D eigenvalue weighted by molar-refractivity contribution is 5.97. The molecule has 0 spiro atoms. The van der Waals surface area contributed by atoms with Crippen molar-refractivity contribution in [3.63, 3.8) is 0 Å². The van der Waals surface area contributed by atoms with Crippen molar-refractivity contribution >= 4 is 17.5 Å². The maximum atomic E-state index is 12.1. The minimum Gasteiger partial charge on any atom is -0.435 e. The molecule has 132 valence electrons. The van der Waals surface area contributed by atoms with Crippen LogP contribution in [0.4, 0.5) is 14.5 Å². The Morgan fingerprint density at radius 1 is 1.12 bits per heavy atom. The molecule has 0 unspecified atom stereocenters. The molecule has 0 aliphatic carbocycles. The molecule has 0 fully saturated rings. The highest BCUT2D eigenvalue weighted by Gasteiger charge is 2.10. The molecule has 7 heteroatoms. The van der Waals surface area contributed by atoms with Gasteiger partial charge in [0.05, 0.1) is 6.42 Å². The summed E-state index contributed by atoms with van der Waals surface area (Å²) in [5.74, 6) is -0.406. The lowest BCUT2D eigenvalue weighted by atomic mass is 10.1. The average molecular weight is 348 g/mol. The van der Waals surface area contributed by atoms with Crippen LogP contribution in [-0.4, -0.2) is 37.4 Å². The Labute approximate surface area is 144 Å². The van der Waals surface area contributed by atoms with Crippen LogP contribution in [0, 0.1) is 0 Å². The fourth-order valence-electron chi connectivity index (χ4n) is 2.17. The molecule has 0 saturated heterocycles. The van der Waals surface area contributed by atoms with Crippen molar-refractivity contribution in [3.8, 4) is 5.75 Å². The summed E-state index contributed by atoms with van der Waals surface area (Å²) in [7, 11) is 3.30. The van der Waals surface area contributed by atoms with Gasteiger partial charge >= 0.3 is 6.61 Å². The van der Waals surface area contributed by atoms with Crippen molar-refractivity contribution in [2.75, 3.05) is 19.4 Å². The zero-order valence-corrected chi connectivity index (χ0v) is 13.8. The van der Waals surface area contributed by atoms with Crippen LogP contribution < -0.4 is 10.1 Å². The minimum atomic E-state index is -2.88. The summed E-state index contributed by atoms with van der Waals surface area (Å²) in [6.07, 6.45) is 0.0703. The molecule has 0 aliphatic rings. The molecule has 2 amide bonds. The van der Waals surface area contributed by atoms with Crippen LogP contribution in [-0.2, 0) is 11.2 Å². The number of amides is 2. The predicted octanol–water partition coefficient (Wildman–Crippen LogP) is 3.17. The quantitative estimate of drug-likeness (QED) is 0.872. The molecule has 2 aromatic rings. The van der Waals surface area contributed by atoms with Crippen LogP contribution in [0.25, 0.3) is 0 Å². The number of carbonyl (C=O) groups excluding carboxylic acids is 2. The summed E-state index contributed by atoms with van der Waals surface area (Å²) in [5.41, 5.74) is 1.63. The summed E-state index contributed by atoms with van der Waals surface area (Å²) in [6.45, 7) is -2.88. The third-order valence-corrected chi connectivity index (χ3v) is 3.31. The maximum Gasteiger partial charge on any atom is 0.387 e. The van der Waals surface area contributed by atoms with Crippen LogP contribution in [0.1, 0.15) is 15.9 Å². The Balaban J connectivity index is 1.98. The fraction of sp³-hybridized carbons (Fsp3) is 0.222. The van der Waals surface area contributed by atoms with Crippen molar-refractivity contribution in [1.29, 1.82) is 0 Å². The van der Waals surface area contributed by atoms with E-state index in [0.29, 0.717) is 16.8 Å². The highest BCUT2D eigenvalue weighted by atomic mass is 19.3. The van der Waals surface area contributed by atoms with E-state index in [1.54, 1.807) is 50.5 Å². The van der Waals surface area contributed by atoms with Gasteiger partial charge in [0.15, 0.2) is 0 Å². The van der Waals surface area contributed by atoms with Crippen LogP contribution in [0.2, 0.25) is 0 Å². The lowest BCUT2D eigenvalue weighted by Gasteiger charge is -2.12. The van der Waals surface area contributed by atoms with E-state index in [-0.39, 0.29) is 24.0 Å². The first kappa shape index (κ1) is 18.4. The number of anilines is 1. The number of hydrogen-bond donors (Lipinski definition) is 1. The first-order valence-corrected chi connectivity index (χ1v) is 7.50. The van der Waals surface area contributed by atoms with Gasteiger partial charge in [-0.2, -0.15) is 8.78 Å². The van der Waals surface area contributed by atoms with Crippen LogP contribution >= 0.6 is 0 Å². The first-order chi connectivity index (χ1) is 11.8. The van der Waals surface area contributed by atoms with Crippen molar-refractivity contribution in [2.24, 2.45) is 0 Å². The molecule has 0 saturated carbocycles. The number of alkyl halides is 2. The van der Waals surface area contributed by atoms with Gasteiger partial charge in [-0.05, 0) is 35.9 Å². The van der Waals surface area contributed by atoms with Crippen molar-refractivity contribution in [3.05, 3.63) is 59.7 Å². The van der Waals surface area contributed by atoms with E-state index in [0.717, 1.165) is 0 Å². The number of nitrogens with zero attached hydrogens (tertiary/aromatic N) is 1. The lowest BCUT2D eigenvalue weighted by Crippen LogP contribution is -2.22. The largest absolute Gasteiger partial charge is 0.435 e. The molecule has 0 bridgehead atoms. The summed E-state index contributed by atoms with van der Waals surface area (Å²) in [4.78, 5) is 25.5. The number of halogens is 2. The lowest BCUT2D eigenvalue weighted by molar-refractivity contribution is -0.115. The molecule has 5 nitrogen and oxygen atoms in total. The third-order valence-electron chi connectivity index (χ3n) is 3.31. The smallest absolute Gasteiger partial charge is 0.387 e. The van der Waals surface area contributed by atoms with Crippen LogP contribution in [0.15, 0.2) is 48.5 Å². The highest BCUT2D eigenvalue weighted by Crippen LogP contribution is 2.16. The topological polar surface area (TPSA) is 58.6 Å². The SMILES string of the molecule is CN(C)C(=O)c1cccc(NC(=O)Cc2ccc(OC(F)F)cc2)c1. The van der Waals surface area contributed by atoms with Crippen LogP contribution in [0.3, 0.4) is 0 Å². The molecule has 2 rings (SSSR count). The third kappa shape index (κ3) is 5.56. The molecule has 0 aliphatic heterocycles. The zero-order chi connectivity index (χ0) is 18.4. The number of hydrogen-bond acceptors (Lipinski definition) is 3. The van der Waals surface area contributed by atoms with Gasteiger partial charge < -0.3 is 15.0 Å². The molecule has 2 aromatic carbocycles. The van der Waals surface area contributed by atoms with Crippen molar-refractivity contribution in [1.82, 2.24) is 4.90 Å². The Hall–Kier alpha value is -2.96. The number of carbonyl (C=O) groups is 2. The predicted molar refractivity (Wildman–Crippen MR) is 89.9 cm³/mol. The van der Waals surface area contributed by atoms with Crippen molar-refractivity contribution in [2.45, 2.75) is 13.0 Å². The molecular weight excluding hydrogens is 330 g/mol. The van der Waals surface area contributed by atoms with Gasteiger partial charge in [0, 0.05) is 25.3 Å². The Morgan fingerprint density at radius 3 is 2.40 bits per heavy atom. The minimum absolute atomic E-state index is 0.0362. The molecule has 0 atom stereocenters. The number of ether oxygens (including phenoxy) is 1. The summed E-state index contributed by atoms with van der Waals surface area (Å²) in [6, 6.07) is 12.5. The number of rotatable bonds is 6. The number of benzene rings is 2. The number of nitrogens with one attached hydrogen (secondary N) is 1. The normalized spacial score (nSPS) is 10.4. The second-order valence-corrected chi connectivity index (χ2v) is 5.53. The molecular formula is C18H18F2N2O3. The van der Waals surface area contributed by atoms with E-state index < -0.39 is 6.61 Å². The standard InChI is InChI=1S/C18H18F2N2O3/c1-22(2)17(24)13-4-3-5-14(11-13)21-16(23)10-12-6-8-15(9-7-12)25-18(19)20/h3-9,11,18H,10H2,1-2H3,(H,21,23). The van der Waals surface area contributed by atoms with Gasteiger partial charge in [0.2, 0.25) is 5.91 Å². The van der Waals surface area contributed by atoms with E-state index in [1.807, 2.05) is 0 Å². The second-order valence-electron chi connectivity index (χ2n) is 5.53. The Morgan fingerprint density at radius 2 is 1.80 bits per heavy atom. The van der Waals surface area contributed by atoms with E-state index >= 15 is 0 Å².